The van der Waals surface area contributed by atoms with Crippen LogP contribution in [0.2, 0.25) is 0 Å². The first-order chi connectivity index (χ1) is 8.20. The first kappa shape index (κ1) is 12.4. The van der Waals surface area contributed by atoms with E-state index >= 15 is 0 Å². The molecule has 1 aliphatic rings. The molecular weight excluding hydrogens is 210 g/mol. The van der Waals surface area contributed by atoms with Crippen molar-refractivity contribution in [2.75, 3.05) is 25.0 Å². The molecule has 0 saturated carbocycles. The molecule has 1 N–H and O–H groups in total. The molecular formula is C14H23N3. The summed E-state index contributed by atoms with van der Waals surface area (Å²) < 4.78 is 0. The van der Waals surface area contributed by atoms with Crippen molar-refractivity contribution in [3.8, 4) is 0 Å². The molecule has 1 aliphatic heterocycles. The normalized spacial score (nSPS) is 17.5. The Morgan fingerprint density at radius 2 is 2.12 bits per heavy atom. The predicted octanol–water partition coefficient (Wildman–Crippen LogP) is 2.35. The van der Waals surface area contributed by atoms with E-state index in [1.54, 1.807) is 0 Å². The second-order valence-electron chi connectivity index (χ2n) is 5.15. The smallest absolute Gasteiger partial charge is 0.0445 e. The summed E-state index contributed by atoms with van der Waals surface area (Å²) in [6.07, 6.45) is 4.62. The molecule has 0 aliphatic carbocycles. The van der Waals surface area contributed by atoms with Crippen LogP contribution in [0.3, 0.4) is 0 Å². The molecule has 0 bridgehead atoms. The Morgan fingerprint density at radius 1 is 1.41 bits per heavy atom. The standard InChI is InChI=1S/C14H23N3/c1-11-4-6-17(7-5-11)14-8-12(2)16-10-13(14)9-15-3/h8,10-11,15H,4-7,9H2,1-3H3. The highest BCUT2D eigenvalue weighted by atomic mass is 15.1. The number of aromatic nitrogens is 1. The van der Waals surface area contributed by atoms with Gasteiger partial charge in [-0.15, -0.1) is 0 Å². The maximum atomic E-state index is 4.40. The fourth-order valence-electron chi connectivity index (χ4n) is 2.44. The maximum absolute atomic E-state index is 4.40. The molecule has 2 rings (SSSR count). The van der Waals surface area contributed by atoms with Crippen LogP contribution in [0.1, 0.15) is 31.0 Å². The molecule has 0 aromatic carbocycles. The molecule has 3 heteroatoms. The summed E-state index contributed by atoms with van der Waals surface area (Å²) in [6.45, 7) is 7.68. The molecule has 0 amide bonds. The third-order valence-electron chi connectivity index (χ3n) is 3.59. The van der Waals surface area contributed by atoms with Crippen molar-refractivity contribution in [3.05, 3.63) is 23.5 Å². The third-order valence-corrected chi connectivity index (χ3v) is 3.59. The zero-order valence-electron chi connectivity index (χ0n) is 11.2. The lowest BCUT2D eigenvalue weighted by Gasteiger charge is -2.33. The van der Waals surface area contributed by atoms with Gasteiger partial charge in [0.25, 0.3) is 0 Å². The topological polar surface area (TPSA) is 28.2 Å². The van der Waals surface area contributed by atoms with Crippen molar-refractivity contribution in [2.45, 2.75) is 33.2 Å². The fraction of sp³-hybridized carbons (Fsp3) is 0.643. The van der Waals surface area contributed by atoms with Gasteiger partial charge in [0.05, 0.1) is 0 Å². The van der Waals surface area contributed by atoms with E-state index < -0.39 is 0 Å². The first-order valence-corrected chi connectivity index (χ1v) is 6.55. The van der Waals surface area contributed by atoms with Gasteiger partial charge < -0.3 is 10.2 Å². The van der Waals surface area contributed by atoms with Crippen LogP contribution in [-0.4, -0.2) is 25.1 Å². The van der Waals surface area contributed by atoms with Crippen molar-refractivity contribution in [1.29, 1.82) is 0 Å². The molecule has 0 spiro atoms. The predicted molar refractivity (Wildman–Crippen MR) is 72.3 cm³/mol. The summed E-state index contributed by atoms with van der Waals surface area (Å²) in [5.74, 6) is 0.877. The molecule has 3 nitrogen and oxygen atoms in total. The summed E-state index contributed by atoms with van der Waals surface area (Å²) in [5, 5.41) is 3.23. The fourth-order valence-corrected chi connectivity index (χ4v) is 2.44. The number of piperidine rings is 1. The van der Waals surface area contributed by atoms with Crippen LogP contribution in [0.5, 0.6) is 0 Å². The minimum absolute atomic E-state index is 0.877. The van der Waals surface area contributed by atoms with Crippen molar-refractivity contribution in [3.63, 3.8) is 0 Å². The minimum atomic E-state index is 0.877. The Labute approximate surface area is 104 Å². The average Bonchev–Trinajstić information content (AvgIpc) is 2.33. The Kier molecular flexibility index (Phi) is 4.00. The highest BCUT2D eigenvalue weighted by Gasteiger charge is 2.18. The average molecular weight is 233 g/mol. The van der Waals surface area contributed by atoms with Gasteiger partial charge >= 0.3 is 0 Å². The number of aryl methyl sites for hydroxylation is 1. The number of hydrogen-bond donors (Lipinski definition) is 1. The number of rotatable bonds is 3. The van der Waals surface area contributed by atoms with Crippen LogP contribution in [0.15, 0.2) is 12.3 Å². The van der Waals surface area contributed by atoms with Gasteiger partial charge in [0.15, 0.2) is 0 Å². The second-order valence-corrected chi connectivity index (χ2v) is 5.15. The largest absolute Gasteiger partial charge is 0.371 e. The molecule has 94 valence electrons. The van der Waals surface area contributed by atoms with Crippen molar-refractivity contribution in [1.82, 2.24) is 10.3 Å². The van der Waals surface area contributed by atoms with E-state index in [0.29, 0.717) is 0 Å². The van der Waals surface area contributed by atoms with Crippen LogP contribution in [0, 0.1) is 12.8 Å². The van der Waals surface area contributed by atoms with Gasteiger partial charge in [-0.25, -0.2) is 0 Å². The van der Waals surface area contributed by atoms with E-state index in [2.05, 4.69) is 35.1 Å². The third kappa shape index (κ3) is 2.97. The summed E-state index contributed by atoms with van der Waals surface area (Å²) in [6, 6.07) is 2.22. The zero-order valence-corrected chi connectivity index (χ0v) is 11.2. The van der Waals surface area contributed by atoms with Crippen molar-refractivity contribution in [2.24, 2.45) is 5.92 Å². The van der Waals surface area contributed by atoms with E-state index in [0.717, 1.165) is 18.2 Å². The van der Waals surface area contributed by atoms with E-state index in [4.69, 9.17) is 0 Å². The molecule has 1 fully saturated rings. The Morgan fingerprint density at radius 3 is 2.76 bits per heavy atom. The first-order valence-electron chi connectivity index (χ1n) is 6.55. The summed E-state index contributed by atoms with van der Waals surface area (Å²) in [7, 11) is 1.99. The van der Waals surface area contributed by atoms with Crippen LogP contribution in [0.4, 0.5) is 5.69 Å². The summed E-state index contributed by atoms with van der Waals surface area (Å²) >= 11 is 0. The molecule has 0 unspecified atom stereocenters. The lowest BCUT2D eigenvalue weighted by molar-refractivity contribution is 0.437. The molecule has 1 aromatic heterocycles. The number of hydrogen-bond acceptors (Lipinski definition) is 3. The SMILES string of the molecule is CNCc1cnc(C)cc1N1CCC(C)CC1. The lowest BCUT2D eigenvalue weighted by Crippen LogP contribution is -2.33. The van der Waals surface area contributed by atoms with Crippen LogP contribution < -0.4 is 10.2 Å². The van der Waals surface area contributed by atoms with Gasteiger partial charge in [0.1, 0.15) is 0 Å². The number of anilines is 1. The van der Waals surface area contributed by atoms with E-state index in [9.17, 15) is 0 Å². The summed E-state index contributed by atoms with van der Waals surface area (Å²) in [4.78, 5) is 6.92. The Hall–Kier alpha value is -1.09. The lowest BCUT2D eigenvalue weighted by atomic mass is 9.98. The van der Waals surface area contributed by atoms with Gasteiger partial charge in [-0.2, -0.15) is 0 Å². The minimum Gasteiger partial charge on any atom is -0.371 e. The molecule has 1 saturated heterocycles. The molecule has 2 heterocycles. The second kappa shape index (κ2) is 5.50. The highest BCUT2D eigenvalue weighted by Crippen LogP contribution is 2.26. The molecule has 17 heavy (non-hydrogen) atoms. The summed E-state index contributed by atoms with van der Waals surface area (Å²) in [5.41, 5.74) is 3.80. The maximum Gasteiger partial charge on any atom is 0.0445 e. The van der Waals surface area contributed by atoms with E-state index in [1.807, 2.05) is 13.2 Å². The highest BCUT2D eigenvalue weighted by molar-refractivity contribution is 5.53. The van der Waals surface area contributed by atoms with Gasteiger partial charge in [0, 0.05) is 42.8 Å². The van der Waals surface area contributed by atoms with Gasteiger partial charge in [-0.05, 0) is 38.8 Å². The van der Waals surface area contributed by atoms with Gasteiger partial charge in [-0.3, -0.25) is 4.98 Å². The molecule has 0 radical (unpaired) electrons. The van der Waals surface area contributed by atoms with Crippen molar-refractivity contribution < 1.29 is 0 Å². The molecule has 0 atom stereocenters. The van der Waals surface area contributed by atoms with Crippen LogP contribution >= 0.6 is 0 Å². The number of nitrogens with one attached hydrogen (secondary N) is 1. The zero-order chi connectivity index (χ0) is 12.3. The van der Waals surface area contributed by atoms with Gasteiger partial charge in [0.2, 0.25) is 0 Å². The molecule has 1 aromatic rings. The van der Waals surface area contributed by atoms with Gasteiger partial charge in [-0.1, -0.05) is 6.92 Å². The van der Waals surface area contributed by atoms with E-state index in [-0.39, 0.29) is 0 Å². The van der Waals surface area contributed by atoms with Crippen LogP contribution in [0.25, 0.3) is 0 Å². The Balaban J connectivity index is 2.20. The quantitative estimate of drug-likeness (QED) is 0.868. The monoisotopic (exact) mass is 233 g/mol. The number of pyridine rings is 1. The van der Waals surface area contributed by atoms with E-state index in [1.165, 1.54) is 37.2 Å². The number of nitrogens with zero attached hydrogens (tertiary/aromatic N) is 2. The van der Waals surface area contributed by atoms with Crippen molar-refractivity contribution >= 4 is 5.69 Å². The van der Waals surface area contributed by atoms with Crippen LogP contribution in [-0.2, 0) is 6.54 Å². The Bertz CT molecular complexity index is 368.